The zero-order valence-electron chi connectivity index (χ0n) is 12.1. The molecule has 4 nitrogen and oxygen atoms in total. The third-order valence-electron chi connectivity index (χ3n) is 4.65. The molecule has 2 N–H and O–H groups in total. The maximum atomic E-state index is 9.32. The molecule has 106 valence electrons. The number of nitriles is 1. The Balaban J connectivity index is 1.73. The molecule has 0 aromatic carbocycles. The van der Waals surface area contributed by atoms with Crippen molar-refractivity contribution in [1.82, 2.24) is 10.3 Å². The van der Waals surface area contributed by atoms with Crippen molar-refractivity contribution in [3.8, 4) is 6.07 Å². The molecule has 1 saturated carbocycles. The average Bonchev–Trinajstić information content (AvgIpc) is 2.94. The molecule has 1 aromatic rings. The first-order valence-corrected chi connectivity index (χ1v) is 7.67. The Morgan fingerprint density at radius 2 is 1.95 bits per heavy atom. The van der Waals surface area contributed by atoms with Crippen LogP contribution in [0.3, 0.4) is 0 Å². The fraction of sp³-hybridized carbons (Fsp3) is 0.625. The second kappa shape index (κ2) is 5.80. The predicted octanol–water partition coefficient (Wildman–Crippen LogP) is 2.38. The number of hydrogen-bond acceptors (Lipinski definition) is 4. The quantitative estimate of drug-likeness (QED) is 0.885. The minimum absolute atomic E-state index is 0.457. The first-order valence-electron chi connectivity index (χ1n) is 7.67. The van der Waals surface area contributed by atoms with Crippen LogP contribution in [0.4, 0.5) is 5.82 Å². The lowest BCUT2D eigenvalue weighted by Gasteiger charge is -2.29. The van der Waals surface area contributed by atoms with Gasteiger partial charge in [0.05, 0.1) is 5.56 Å². The van der Waals surface area contributed by atoms with Crippen LogP contribution in [0.25, 0.3) is 0 Å². The predicted molar refractivity (Wildman–Crippen MR) is 79.7 cm³/mol. The monoisotopic (exact) mass is 270 g/mol. The Kier molecular flexibility index (Phi) is 3.88. The number of fused-ring (bicyclic) bond motifs is 1. The average molecular weight is 270 g/mol. The van der Waals surface area contributed by atoms with E-state index in [-0.39, 0.29) is 0 Å². The molecule has 3 rings (SSSR count). The van der Waals surface area contributed by atoms with Gasteiger partial charge in [-0.3, -0.25) is 0 Å². The maximum Gasteiger partial charge on any atom is 0.144 e. The zero-order valence-corrected chi connectivity index (χ0v) is 12.1. The second-order valence-electron chi connectivity index (χ2n) is 5.94. The van der Waals surface area contributed by atoms with E-state index in [0.717, 1.165) is 31.5 Å². The van der Waals surface area contributed by atoms with Gasteiger partial charge in [0.1, 0.15) is 11.9 Å². The zero-order chi connectivity index (χ0) is 13.9. The van der Waals surface area contributed by atoms with Crippen LogP contribution in [-0.2, 0) is 12.8 Å². The van der Waals surface area contributed by atoms with Gasteiger partial charge in [-0.25, -0.2) is 4.98 Å². The highest BCUT2D eigenvalue weighted by Gasteiger charge is 2.22. The molecule has 0 spiro atoms. The van der Waals surface area contributed by atoms with Gasteiger partial charge in [0, 0.05) is 17.8 Å². The molecule has 2 aliphatic carbocycles. The van der Waals surface area contributed by atoms with Crippen LogP contribution in [0.2, 0.25) is 0 Å². The lowest BCUT2D eigenvalue weighted by molar-refractivity contribution is 0.371. The van der Waals surface area contributed by atoms with Crippen molar-refractivity contribution in [1.29, 1.82) is 5.26 Å². The summed E-state index contributed by atoms with van der Waals surface area (Å²) in [6.07, 6.45) is 7.99. The standard InChI is InChI=1S/C16H22N4/c1-18-13-5-7-14(8-6-13)19-16-12(10-17)9-11-3-2-4-15(11)20-16/h9,13-14,18H,2-8H2,1H3,(H,19,20). The molecule has 4 heteroatoms. The number of pyridine rings is 1. The molecule has 0 bridgehead atoms. The number of anilines is 1. The highest BCUT2D eigenvalue weighted by atomic mass is 15.0. The minimum atomic E-state index is 0.457. The van der Waals surface area contributed by atoms with Gasteiger partial charge >= 0.3 is 0 Å². The van der Waals surface area contributed by atoms with Gasteiger partial charge in [-0.05, 0) is 63.6 Å². The minimum Gasteiger partial charge on any atom is -0.366 e. The number of nitrogens with one attached hydrogen (secondary N) is 2. The van der Waals surface area contributed by atoms with Crippen molar-refractivity contribution < 1.29 is 0 Å². The molecule has 20 heavy (non-hydrogen) atoms. The first kappa shape index (κ1) is 13.4. The Bertz CT molecular complexity index is 524. The second-order valence-corrected chi connectivity index (χ2v) is 5.94. The molecule has 0 atom stereocenters. The van der Waals surface area contributed by atoms with Crippen LogP contribution in [-0.4, -0.2) is 24.1 Å². The number of hydrogen-bond donors (Lipinski definition) is 2. The Labute approximate surface area is 120 Å². The fourth-order valence-corrected chi connectivity index (χ4v) is 3.39. The van der Waals surface area contributed by atoms with Gasteiger partial charge in [0.15, 0.2) is 0 Å². The molecule has 1 heterocycles. The van der Waals surface area contributed by atoms with Gasteiger partial charge in [-0.2, -0.15) is 5.26 Å². The summed E-state index contributed by atoms with van der Waals surface area (Å²) in [5, 5.41) is 16.2. The van der Waals surface area contributed by atoms with Crippen LogP contribution < -0.4 is 10.6 Å². The summed E-state index contributed by atoms with van der Waals surface area (Å²) in [6.45, 7) is 0. The van der Waals surface area contributed by atoms with Crippen molar-refractivity contribution >= 4 is 5.82 Å². The van der Waals surface area contributed by atoms with Crippen LogP contribution in [0, 0.1) is 11.3 Å². The van der Waals surface area contributed by atoms with Crippen molar-refractivity contribution in [2.24, 2.45) is 0 Å². The Morgan fingerprint density at radius 3 is 2.65 bits per heavy atom. The molecule has 0 amide bonds. The van der Waals surface area contributed by atoms with E-state index < -0.39 is 0 Å². The van der Waals surface area contributed by atoms with Crippen LogP contribution in [0.15, 0.2) is 6.07 Å². The highest BCUT2D eigenvalue weighted by Crippen LogP contribution is 2.27. The summed E-state index contributed by atoms with van der Waals surface area (Å²) in [7, 11) is 2.04. The summed E-state index contributed by atoms with van der Waals surface area (Å²) in [5.41, 5.74) is 3.17. The number of nitrogens with zero attached hydrogens (tertiary/aromatic N) is 2. The van der Waals surface area contributed by atoms with Crippen LogP contribution in [0.1, 0.15) is 48.9 Å². The van der Waals surface area contributed by atoms with E-state index in [2.05, 4.69) is 16.7 Å². The third-order valence-corrected chi connectivity index (χ3v) is 4.65. The SMILES string of the molecule is CNC1CCC(Nc2nc3c(cc2C#N)CCC3)CC1. The smallest absolute Gasteiger partial charge is 0.144 e. The largest absolute Gasteiger partial charge is 0.366 e. The van der Waals surface area contributed by atoms with Crippen molar-refractivity contribution in [2.75, 3.05) is 12.4 Å². The van der Waals surface area contributed by atoms with Crippen LogP contribution in [0.5, 0.6) is 0 Å². The summed E-state index contributed by atoms with van der Waals surface area (Å²) >= 11 is 0. The Hall–Kier alpha value is -1.60. The summed E-state index contributed by atoms with van der Waals surface area (Å²) in [4.78, 5) is 4.71. The van der Waals surface area contributed by atoms with Gasteiger partial charge in [-0.1, -0.05) is 0 Å². The van der Waals surface area contributed by atoms with Gasteiger partial charge in [0.2, 0.25) is 0 Å². The van der Waals surface area contributed by atoms with Crippen molar-refractivity contribution in [3.05, 3.63) is 22.9 Å². The van der Waals surface area contributed by atoms with E-state index in [1.807, 2.05) is 13.1 Å². The van der Waals surface area contributed by atoms with Crippen LogP contribution >= 0.6 is 0 Å². The molecule has 1 fully saturated rings. The molecule has 0 radical (unpaired) electrons. The normalized spacial score (nSPS) is 25.0. The summed E-state index contributed by atoms with van der Waals surface area (Å²) < 4.78 is 0. The highest BCUT2D eigenvalue weighted by molar-refractivity contribution is 5.55. The first-order chi connectivity index (χ1) is 9.80. The maximum absolute atomic E-state index is 9.32. The molecule has 2 aliphatic rings. The topological polar surface area (TPSA) is 60.7 Å². The third kappa shape index (κ3) is 2.64. The van der Waals surface area contributed by atoms with E-state index >= 15 is 0 Å². The lowest BCUT2D eigenvalue weighted by Crippen LogP contribution is -2.35. The van der Waals surface area contributed by atoms with E-state index in [4.69, 9.17) is 4.98 Å². The summed E-state index contributed by atoms with van der Waals surface area (Å²) in [6, 6.07) is 5.44. The van der Waals surface area contributed by atoms with E-state index in [1.54, 1.807) is 0 Å². The number of aromatic nitrogens is 1. The van der Waals surface area contributed by atoms with Crippen molar-refractivity contribution in [2.45, 2.75) is 57.0 Å². The van der Waals surface area contributed by atoms with Crippen molar-refractivity contribution in [3.63, 3.8) is 0 Å². The molecule has 0 unspecified atom stereocenters. The lowest BCUT2D eigenvalue weighted by atomic mass is 9.91. The van der Waals surface area contributed by atoms with Gasteiger partial charge in [-0.15, -0.1) is 0 Å². The molecule has 0 saturated heterocycles. The molecule has 1 aromatic heterocycles. The molecular weight excluding hydrogens is 248 g/mol. The summed E-state index contributed by atoms with van der Waals surface area (Å²) in [5.74, 6) is 0.807. The number of rotatable bonds is 3. The fourth-order valence-electron chi connectivity index (χ4n) is 3.39. The van der Waals surface area contributed by atoms with E-state index in [1.165, 1.54) is 30.5 Å². The Morgan fingerprint density at radius 1 is 1.20 bits per heavy atom. The van der Waals surface area contributed by atoms with E-state index in [9.17, 15) is 5.26 Å². The van der Waals surface area contributed by atoms with Gasteiger partial charge < -0.3 is 10.6 Å². The van der Waals surface area contributed by atoms with E-state index in [0.29, 0.717) is 17.6 Å². The number of aryl methyl sites for hydroxylation is 2. The molecular formula is C16H22N4. The molecule has 0 aliphatic heterocycles. The van der Waals surface area contributed by atoms with Gasteiger partial charge in [0.25, 0.3) is 0 Å².